The summed E-state index contributed by atoms with van der Waals surface area (Å²) in [6.45, 7) is 4.68. The molecule has 3 nitrogen and oxygen atoms in total. The van der Waals surface area contributed by atoms with E-state index in [0.717, 1.165) is 50.4 Å². The highest BCUT2D eigenvalue weighted by atomic mass is 32.1. The minimum atomic E-state index is -0.0655. The van der Waals surface area contributed by atoms with E-state index < -0.39 is 0 Å². The lowest BCUT2D eigenvalue weighted by Crippen LogP contribution is -2.16. The number of nitrogens with zero attached hydrogens (tertiary/aromatic N) is 1. The van der Waals surface area contributed by atoms with Crippen molar-refractivity contribution >= 4 is 71.1 Å². The van der Waals surface area contributed by atoms with E-state index in [1.807, 2.05) is 18.2 Å². The van der Waals surface area contributed by atoms with Crippen molar-refractivity contribution in [1.29, 1.82) is 0 Å². The first-order valence-electron chi connectivity index (χ1n) is 15.4. The molecule has 0 radical (unpaired) electrons. The van der Waals surface area contributed by atoms with E-state index >= 15 is 0 Å². The van der Waals surface area contributed by atoms with Crippen LogP contribution < -0.4 is 10.2 Å². The van der Waals surface area contributed by atoms with Gasteiger partial charge >= 0.3 is 0 Å². The van der Waals surface area contributed by atoms with Crippen LogP contribution in [0.5, 0.6) is 0 Å². The van der Waals surface area contributed by atoms with Crippen molar-refractivity contribution in [3.05, 3.63) is 151 Å². The Morgan fingerprint density at radius 3 is 2.11 bits per heavy atom. The van der Waals surface area contributed by atoms with Crippen LogP contribution in [0.15, 0.2) is 144 Å². The number of para-hydroxylation sites is 2. The van der Waals surface area contributed by atoms with Gasteiger partial charge < -0.3 is 14.6 Å². The Morgan fingerprint density at radius 1 is 0.578 bits per heavy atom. The molecule has 0 atom stereocenters. The average molecular weight is 599 g/mol. The molecular weight excluding hydrogens is 569 g/mol. The van der Waals surface area contributed by atoms with Crippen LogP contribution in [0.2, 0.25) is 0 Å². The van der Waals surface area contributed by atoms with Gasteiger partial charge in [-0.15, -0.1) is 11.3 Å². The Morgan fingerprint density at radius 2 is 1.27 bits per heavy atom. The first-order chi connectivity index (χ1) is 22.0. The number of rotatable bonds is 5. The molecule has 0 amide bonds. The van der Waals surface area contributed by atoms with Crippen LogP contribution in [-0.4, -0.2) is 0 Å². The van der Waals surface area contributed by atoms with Crippen molar-refractivity contribution in [3.63, 3.8) is 0 Å². The molecule has 0 saturated heterocycles. The standard InChI is InChI=1S/C41H30N2OS/c1-41(2)35-16-10-9-15-31(35)32-21-18-29(24-36(32)41)43(28-13-7-4-8-14-28)30-19-22-34-38(25-30)45-40-33-20-17-27(23-37(33)44-39(34)40)42-26-11-5-3-6-12-26/h3-25,42H,1-2H3. The molecule has 0 bridgehead atoms. The fraction of sp³-hybridized carbons (Fsp3) is 0.0732. The molecule has 1 aliphatic rings. The second-order valence-corrected chi connectivity index (χ2v) is 13.4. The van der Waals surface area contributed by atoms with Crippen molar-refractivity contribution in [3.8, 4) is 11.1 Å². The van der Waals surface area contributed by atoms with Gasteiger partial charge in [0, 0.05) is 55.4 Å². The van der Waals surface area contributed by atoms with E-state index in [2.05, 4.69) is 145 Å². The highest BCUT2D eigenvalue weighted by Crippen LogP contribution is 2.51. The lowest BCUT2D eigenvalue weighted by molar-refractivity contribution is 0.660. The van der Waals surface area contributed by atoms with Crippen molar-refractivity contribution in [2.24, 2.45) is 0 Å². The maximum Gasteiger partial charge on any atom is 0.154 e. The fourth-order valence-corrected chi connectivity index (χ4v) is 8.20. The molecule has 0 fully saturated rings. The average Bonchev–Trinajstić information content (AvgIpc) is 3.68. The number of anilines is 5. The van der Waals surface area contributed by atoms with Crippen LogP contribution >= 0.6 is 11.3 Å². The SMILES string of the molecule is CC1(C)c2ccccc2-c2ccc(N(c3ccccc3)c3ccc4c(c3)sc3c5ccc(Nc6ccccc6)cc5oc43)cc21. The Kier molecular flexibility index (Phi) is 5.71. The first kappa shape index (κ1) is 26.1. The molecule has 45 heavy (non-hydrogen) atoms. The van der Waals surface area contributed by atoms with Gasteiger partial charge in [0.2, 0.25) is 0 Å². The van der Waals surface area contributed by atoms with Crippen molar-refractivity contribution in [1.82, 2.24) is 0 Å². The monoisotopic (exact) mass is 598 g/mol. The van der Waals surface area contributed by atoms with Crippen LogP contribution in [0.1, 0.15) is 25.0 Å². The highest BCUT2D eigenvalue weighted by Gasteiger charge is 2.35. The number of thiophene rings is 1. The summed E-state index contributed by atoms with van der Waals surface area (Å²) in [4.78, 5) is 2.37. The van der Waals surface area contributed by atoms with Crippen LogP contribution in [-0.2, 0) is 5.41 Å². The van der Waals surface area contributed by atoms with Crippen molar-refractivity contribution in [2.45, 2.75) is 19.3 Å². The molecule has 4 heteroatoms. The van der Waals surface area contributed by atoms with E-state index in [0.29, 0.717) is 0 Å². The van der Waals surface area contributed by atoms with E-state index in [1.54, 1.807) is 11.3 Å². The summed E-state index contributed by atoms with van der Waals surface area (Å²) < 4.78 is 8.91. The molecule has 216 valence electrons. The summed E-state index contributed by atoms with van der Waals surface area (Å²) >= 11 is 1.80. The second kappa shape index (κ2) is 9.85. The lowest BCUT2D eigenvalue weighted by atomic mass is 9.82. The number of fused-ring (bicyclic) bond motifs is 8. The van der Waals surface area contributed by atoms with Gasteiger partial charge in [-0.1, -0.05) is 80.6 Å². The third kappa shape index (κ3) is 4.10. The molecule has 9 rings (SSSR count). The maximum atomic E-state index is 6.51. The van der Waals surface area contributed by atoms with Gasteiger partial charge in [-0.3, -0.25) is 0 Å². The number of hydrogen-bond donors (Lipinski definition) is 1. The molecule has 8 aromatic rings. The largest absolute Gasteiger partial charge is 0.454 e. The molecule has 0 spiro atoms. The zero-order valence-corrected chi connectivity index (χ0v) is 25.9. The fourth-order valence-electron chi connectivity index (χ4n) is 7.01. The molecule has 1 N–H and O–H groups in total. The molecule has 6 aromatic carbocycles. The first-order valence-corrected chi connectivity index (χ1v) is 16.2. The smallest absolute Gasteiger partial charge is 0.154 e. The summed E-state index contributed by atoms with van der Waals surface area (Å²) in [6.07, 6.45) is 0. The zero-order chi connectivity index (χ0) is 30.1. The Balaban J connectivity index is 1.14. The lowest BCUT2D eigenvalue weighted by Gasteiger charge is -2.28. The molecule has 0 saturated carbocycles. The summed E-state index contributed by atoms with van der Waals surface area (Å²) in [5.41, 5.74) is 12.7. The zero-order valence-electron chi connectivity index (χ0n) is 25.0. The predicted octanol–water partition coefficient (Wildman–Crippen LogP) is 12.3. The van der Waals surface area contributed by atoms with Gasteiger partial charge in [0.15, 0.2) is 5.58 Å². The second-order valence-electron chi connectivity index (χ2n) is 12.3. The van der Waals surface area contributed by atoms with E-state index in [4.69, 9.17) is 4.42 Å². The topological polar surface area (TPSA) is 28.4 Å². The minimum Gasteiger partial charge on any atom is -0.454 e. The van der Waals surface area contributed by atoms with Crippen molar-refractivity contribution < 1.29 is 4.42 Å². The summed E-state index contributed by atoms with van der Waals surface area (Å²) in [6, 6.07) is 49.8. The van der Waals surface area contributed by atoms with E-state index in [-0.39, 0.29) is 5.41 Å². The number of benzene rings is 6. The molecule has 0 aliphatic heterocycles. The Bertz CT molecular complexity index is 2380. The minimum absolute atomic E-state index is 0.0655. The molecular formula is C41H30N2OS. The number of nitrogens with one attached hydrogen (secondary N) is 1. The van der Waals surface area contributed by atoms with E-state index in [9.17, 15) is 0 Å². The van der Waals surface area contributed by atoms with Gasteiger partial charge in [0.1, 0.15) is 5.58 Å². The summed E-state index contributed by atoms with van der Waals surface area (Å²) in [5.74, 6) is 0. The van der Waals surface area contributed by atoms with Crippen molar-refractivity contribution in [2.75, 3.05) is 10.2 Å². The molecule has 0 unspecified atom stereocenters. The van der Waals surface area contributed by atoms with Crippen LogP contribution in [0, 0.1) is 0 Å². The van der Waals surface area contributed by atoms with Gasteiger partial charge in [0.25, 0.3) is 0 Å². The number of hydrogen-bond acceptors (Lipinski definition) is 4. The third-order valence-corrected chi connectivity index (χ3v) is 10.4. The maximum absolute atomic E-state index is 6.51. The van der Waals surface area contributed by atoms with Gasteiger partial charge in [-0.25, -0.2) is 0 Å². The van der Waals surface area contributed by atoms with Crippen LogP contribution in [0.3, 0.4) is 0 Å². The van der Waals surface area contributed by atoms with Gasteiger partial charge in [-0.05, 0) is 89.0 Å². The van der Waals surface area contributed by atoms with Gasteiger partial charge in [0.05, 0.1) is 4.70 Å². The summed E-state index contributed by atoms with van der Waals surface area (Å²) in [7, 11) is 0. The molecule has 1 aliphatic carbocycles. The third-order valence-electron chi connectivity index (χ3n) is 9.23. The van der Waals surface area contributed by atoms with Crippen LogP contribution in [0.4, 0.5) is 28.4 Å². The van der Waals surface area contributed by atoms with E-state index in [1.165, 1.54) is 31.7 Å². The quantitative estimate of drug-likeness (QED) is 0.214. The Hall–Kier alpha value is -5.32. The summed E-state index contributed by atoms with van der Waals surface area (Å²) in [5, 5.41) is 5.77. The molecule has 2 heterocycles. The van der Waals surface area contributed by atoms with Gasteiger partial charge in [-0.2, -0.15) is 0 Å². The van der Waals surface area contributed by atoms with Crippen LogP contribution in [0.25, 0.3) is 42.5 Å². The molecule has 2 aromatic heterocycles. The predicted molar refractivity (Wildman–Crippen MR) is 191 cm³/mol. The Labute approximate surface area is 266 Å². The highest BCUT2D eigenvalue weighted by molar-refractivity contribution is 7.26. The normalized spacial score (nSPS) is 13.3. The number of furan rings is 1.